The maximum atomic E-state index is 11.3. The number of carbonyl (C=O) groups is 1. The lowest BCUT2D eigenvalue weighted by molar-refractivity contribution is -0.132. The normalized spacial score (nSPS) is 13.3. The van der Waals surface area contributed by atoms with Crippen molar-refractivity contribution in [2.75, 3.05) is 14.1 Å². The summed E-state index contributed by atoms with van der Waals surface area (Å²) in [6.07, 6.45) is 0.983. The van der Waals surface area contributed by atoms with E-state index in [1.807, 2.05) is 6.92 Å². The van der Waals surface area contributed by atoms with Crippen LogP contribution in [0, 0.1) is 11.8 Å². The van der Waals surface area contributed by atoms with E-state index in [0.29, 0.717) is 5.92 Å². The molecule has 0 N–H and O–H groups in total. The first-order chi connectivity index (χ1) is 4.95. The Balaban J connectivity index is 3.83. The first-order valence-corrected chi connectivity index (χ1v) is 4.16. The van der Waals surface area contributed by atoms with E-state index in [4.69, 9.17) is 0 Å². The lowest BCUT2D eigenvalue weighted by atomic mass is 9.98. The van der Waals surface area contributed by atoms with Crippen LogP contribution < -0.4 is 0 Å². The number of nitrogens with zero attached hydrogens (tertiary/aromatic N) is 1. The van der Waals surface area contributed by atoms with Gasteiger partial charge in [-0.3, -0.25) is 4.79 Å². The van der Waals surface area contributed by atoms with Gasteiger partial charge in [0.1, 0.15) is 0 Å². The minimum Gasteiger partial charge on any atom is -0.349 e. The van der Waals surface area contributed by atoms with E-state index in [2.05, 4.69) is 13.8 Å². The topological polar surface area (TPSA) is 20.3 Å². The molecule has 1 atom stereocenters. The van der Waals surface area contributed by atoms with Crippen LogP contribution in [0.15, 0.2) is 0 Å². The molecule has 2 nitrogen and oxygen atoms in total. The van der Waals surface area contributed by atoms with E-state index >= 15 is 0 Å². The van der Waals surface area contributed by atoms with Crippen molar-refractivity contribution in [2.24, 2.45) is 11.8 Å². The molecule has 0 unspecified atom stereocenters. The van der Waals surface area contributed by atoms with Gasteiger partial charge in [0.05, 0.1) is 0 Å². The van der Waals surface area contributed by atoms with Gasteiger partial charge in [0.25, 0.3) is 0 Å². The summed E-state index contributed by atoms with van der Waals surface area (Å²) in [6, 6.07) is 0. The van der Waals surface area contributed by atoms with Gasteiger partial charge < -0.3 is 4.90 Å². The summed E-state index contributed by atoms with van der Waals surface area (Å²) >= 11 is 0. The molecule has 0 spiro atoms. The van der Waals surface area contributed by atoms with Crippen LogP contribution in [0.2, 0.25) is 0 Å². The monoisotopic (exact) mass is 157 g/mol. The standard InChI is InChI=1S/C9H19NO/c1-7(2)6-8(3)9(11)10(4)5/h7-8H,6H2,1-5H3/t8-/m0/s1. The van der Waals surface area contributed by atoms with Gasteiger partial charge in [-0.15, -0.1) is 0 Å². The largest absolute Gasteiger partial charge is 0.349 e. The Morgan fingerprint density at radius 2 is 1.73 bits per heavy atom. The molecule has 0 rings (SSSR count). The van der Waals surface area contributed by atoms with Gasteiger partial charge >= 0.3 is 0 Å². The average molecular weight is 157 g/mol. The summed E-state index contributed by atoms with van der Waals surface area (Å²) in [5.41, 5.74) is 0. The highest BCUT2D eigenvalue weighted by Gasteiger charge is 2.15. The molecule has 0 heterocycles. The van der Waals surface area contributed by atoms with Crippen molar-refractivity contribution in [1.29, 1.82) is 0 Å². The highest BCUT2D eigenvalue weighted by atomic mass is 16.2. The zero-order valence-corrected chi connectivity index (χ0v) is 8.22. The second-order valence-corrected chi connectivity index (χ2v) is 3.76. The van der Waals surface area contributed by atoms with Gasteiger partial charge in [-0.05, 0) is 12.3 Å². The number of amides is 1. The summed E-state index contributed by atoms with van der Waals surface area (Å²) in [5, 5.41) is 0. The third-order valence-corrected chi connectivity index (χ3v) is 1.69. The molecule has 0 fully saturated rings. The quantitative estimate of drug-likeness (QED) is 0.611. The van der Waals surface area contributed by atoms with Crippen LogP contribution in [0.4, 0.5) is 0 Å². The van der Waals surface area contributed by atoms with Crippen molar-refractivity contribution in [2.45, 2.75) is 27.2 Å². The molecular weight excluding hydrogens is 138 g/mol. The van der Waals surface area contributed by atoms with Gasteiger partial charge in [0.2, 0.25) is 5.91 Å². The number of hydrogen-bond acceptors (Lipinski definition) is 1. The van der Waals surface area contributed by atoms with Crippen LogP contribution in [0.25, 0.3) is 0 Å². The van der Waals surface area contributed by atoms with Gasteiger partial charge in [0.15, 0.2) is 0 Å². The van der Waals surface area contributed by atoms with Crippen LogP contribution in [-0.2, 0) is 4.79 Å². The molecule has 2 heteroatoms. The van der Waals surface area contributed by atoms with Gasteiger partial charge in [-0.25, -0.2) is 0 Å². The summed E-state index contributed by atoms with van der Waals surface area (Å²) < 4.78 is 0. The molecule has 0 saturated carbocycles. The summed E-state index contributed by atoms with van der Waals surface area (Å²) in [5.74, 6) is 1.01. The lowest BCUT2D eigenvalue weighted by Gasteiger charge is -2.17. The predicted octanol–water partition coefficient (Wildman–Crippen LogP) is 1.76. The molecule has 0 radical (unpaired) electrons. The highest BCUT2D eigenvalue weighted by molar-refractivity contribution is 5.77. The zero-order chi connectivity index (χ0) is 9.02. The average Bonchev–Trinajstić information content (AvgIpc) is 1.84. The molecule has 0 aliphatic rings. The van der Waals surface area contributed by atoms with Crippen molar-refractivity contribution in [3.05, 3.63) is 0 Å². The van der Waals surface area contributed by atoms with E-state index in [0.717, 1.165) is 6.42 Å². The van der Waals surface area contributed by atoms with Crippen LogP contribution in [0.1, 0.15) is 27.2 Å². The Bertz CT molecular complexity index is 130. The Morgan fingerprint density at radius 1 is 1.27 bits per heavy atom. The van der Waals surface area contributed by atoms with E-state index < -0.39 is 0 Å². The first-order valence-electron chi connectivity index (χ1n) is 4.16. The molecule has 66 valence electrons. The third kappa shape index (κ3) is 4.02. The summed E-state index contributed by atoms with van der Waals surface area (Å²) in [4.78, 5) is 13.0. The van der Waals surface area contributed by atoms with Gasteiger partial charge in [0, 0.05) is 20.0 Å². The molecule has 0 bridgehead atoms. The predicted molar refractivity (Wildman–Crippen MR) is 47.3 cm³/mol. The Labute approximate surface area is 69.6 Å². The maximum Gasteiger partial charge on any atom is 0.224 e. The fourth-order valence-electron chi connectivity index (χ4n) is 1.25. The SMILES string of the molecule is CC(C)C[C@H](C)C(=O)N(C)C. The minimum atomic E-state index is 0.171. The van der Waals surface area contributed by atoms with Crippen LogP contribution in [-0.4, -0.2) is 24.9 Å². The van der Waals surface area contributed by atoms with E-state index in [-0.39, 0.29) is 11.8 Å². The highest BCUT2D eigenvalue weighted by Crippen LogP contribution is 2.12. The van der Waals surface area contributed by atoms with Crippen molar-refractivity contribution >= 4 is 5.91 Å². The Morgan fingerprint density at radius 3 is 2.00 bits per heavy atom. The number of hydrogen-bond donors (Lipinski definition) is 0. The van der Waals surface area contributed by atoms with Crippen LogP contribution in [0.5, 0.6) is 0 Å². The summed E-state index contributed by atoms with van der Waals surface area (Å²) in [7, 11) is 3.61. The molecule has 1 amide bonds. The van der Waals surface area contributed by atoms with Crippen LogP contribution >= 0.6 is 0 Å². The molecule has 0 aliphatic heterocycles. The van der Waals surface area contributed by atoms with Gasteiger partial charge in [-0.2, -0.15) is 0 Å². The molecule has 0 aromatic rings. The first kappa shape index (κ1) is 10.5. The fraction of sp³-hybridized carbons (Fsp3) is 0.889. The van der Waals surface area contributed by atoms with E-state index in [1.54, 1.807) is 19.0 Å². The number of carbonyl (C=O) groups excluding carboxylic acids is 1. The Kier molecular flexibility index (Phi) is 4.16. The smallest absolute Gasteiger partial charge is 0.224 e. The molecule has 0 aromatic carbocycles. The Hall–Kier alpha value is -0.530. The lowest BCUT2D eigenvalue weighted by Crippen LogP contribution is -2.28. The van der Waals surface area contributed by atoms with Crippen molar-refractivity contribution in [3.63, 3.8) is 0 Å². The van der Waals surface area contributed by atoms with Crippen molar-refractivity contribution in [1.82, 2.24) is 4.90 Å². The molecular formula is C9H19NO. The second-order valence-electron chi connectivity index (χ2n) is 3.76. The number of rotatable bonds is 3. The molecule has 11 heavy (non-hydrogen) atoms. The fourth-order valence-corrected chi connectivity index (χ4v) is 1.25. The maximum absolute atomic E-state index is 11.3. The van der Waals surface area contributed by atoms with Crippen LogP contribution in [0.3, 0.4) is 0 Å². The second kappa shape index (κ2) is 4.37. The molecule has 0 aromatic heterocycles. The van der Waals surface area contributed by atoms with E-state index in [1.165, 1.54) is 0 Å². The zero-order valence-electron chi connectivity index (χ0n) is 8.22. The van der Waals surface area contributed by atoms with Crippen molar-refractivity contribution < 1.29 is 4.79 Å². The van der Waals surface area contributed by atoms with Gasteiger partial charge in [-0.1, -0.05) is 20.8 Å². The minimum absolute atomic E-state index is 0.171. The molecule has 0 aliphatic carbocycles. The van der Waals surface area contributed by atoms with Crippen molar-refractivity contribution in [3.8, 4) is 0 Å². The van der Waals surface area contributed by atoms with E-state index in [9.17, 15) is 4.79 Å². The third-order valence-electron chi connectivity index (χ3n) is 1.69. The molecule has 0 saturated heterocycles. The summed E-state index contributed by atoms with van der Waals surface area (Å²) in [6.45, 7) is 6.27.